The predicted molar refractivity (Wildman–Crippen MR) is 161 cm³/mol. The number of nitro groups is 2. The molecule has 0 bridgehead atoms. The zero-order valence-corrected chi connectivity index (χ0v) is 23.0. The molecule has 0 atom stereocenters. The van der Waals surface area contributed by atoms with Crippen molar-refractivity contribution in [1.29, 1.82) is 0 Å². The molecule has 0 saturated heterocycles. The lowest BCUT2D eigenvalue weighted by molar-refractivity contribution is -0.385. The summed E-state index contributed by atoms with van der Waals surface area (Å²) in [5.74, 6) is 0. The highest BCUT2D eigenvalue weighted by Crippen LogP contribution is 2.22. The van der Waals surface area contributed by atoms with Gasteiger partial charge in [0.05, 0.1) is 9.85 Å². The molecule has 0 spiro atoms. The van der Waals surface area contributed by atoms with Crippen LogP contribution in [-0.2, 0) is 0 Å². The van der Waals surface area contributed by atoms with Gasteiger partial charge < -0.3 is 9.80 Å². The number of hydrogen-bond donors (Lipinski definition) is 0. The maximum atomic E-state index is 11.8. The molecule has 3 aromatic carbocycles. The van der Waals surface area contributed by atoms with E-state index in [2.05, 4.69) is 68.8 Å². The van der Waals surface area contributed by atoms with Crippen LogP contribution in [0.1, 0.15) is 0 Å². The summed E-state index contributed by atoms with van der Waals surface area (Å²) in [6, 6.07) is 12.7. The number of rotatable bonds is 4. The van der Waals surface area contributed by atoms with E-state index in [9.17, 15) is 20.2 Å². The van der Waals surface area contributed by atoms with Gasteiger partial charge in [-0.25, -0.2) is 0 Å². The van der Waals surface area contributed by atoms with Gasteiger partial charge in [-0.1, -0.05) is 34.4 Å². The highest BCUT2D eigenvalue weighted by atomic mass is 16.6. The van der Waals surface area contributed by atoms with Crippen LogP contribution < -0.4 is 41.1 Å². The maximum Gasteiger partial charge on any atom is 0.293 e. The first-order valence-corrected chi connectivity index (χ1v) is 12.3. The lowest BCUT2D eigenvalue weighted by Gasteiger charge is -2.11. The highest BCUT2D eigenvalue weighted by molar-refractivity contribution is 5.63. The summed E-state index contributed by atoms with van der Waals surface area (Å²) in [4.78, 5) is 25.7. The Morgan fingerprint density at radius 1 is 0.524 bits per heavy atom. The topological polar surface area (TPSA) is 92.8 Å². The van der Waals surface area contributed by atoms with Crippen LogP contribution in [-0.4, -0.2) is 38.0 Å². The van der Waals surface area contributed by atoms with Gasteiger partial charge in [-0.2, -0.15) is 0 Å². The number of anilines is 2. The van der Waals surface area contributed by atoms with Crippen LogP contribution in [0.3, 0.4) is 0 Å². The van der Waals surface area contributed by atoms with E-state index in [0.29, 0.717) is 37.0 Å². The molecular weight excluding hydrogens is 528 g/mol. The van der Waals surface area contributed by atoms with Crippen molar-refractivity contribution in [2.24, 2.45) is 0 Å². The molecule has 42 heavy (non-hydrogen) atoms. The van der Waals surface area contributed by atoms with Gasteiger partial charge in [0.2, 0.25) is 0 Å². The van der Waals surface area contributed by atoms with Gasteiger partial charge in [0.15, 0.2) is 0 Å². The van der Waals surface area contributed by atoms with E-state index in [1.807, 2.05) is 37.2 Å². The lowest BCUT2D eigenvalue weighted by Crippen LogP contribution is -2.25. The smallest absolute Gasteiger partial charge is 0.293 e. The molecule has 0 aromatic heterocycles. The Hall–Kier alpha value is -6.58. The molecular formula is C34H20N4O4. The van der Waals surface area contributed by atoms with Crippen LogP contribution in [0, 0.1) is 20.2 Å². The number of benzene rings is 3. The fraction of sp³-hybridized carbons (Fsp3) is 0.118. The number of hydrogen-bond acceptors (Lipinski definition) is 6. The third-order valence-electron chi connectivity index (χ3n) is 5.90. The average Bonchev–Trinajstić information content (AvgIpc) is 2.95. The molecule has 1 aliphatic rings. The molecule has 0 amide bonds. The van der Waals surface area contributed by atoms with Crippen molar-refractivity contribution < 1.29 is 9.85 Å². The fourth-order valence-corrected chi connectivity index (χ4v) is 3.76. The SMILES string of the molecule is CN(C)c1ccc2c(c1)=C=C=C=C=c1cc([N+](=O)[O-])ccc1=C=C=C=C=c1cc(N(C)C)c([N+](=O)[O-])cc1=C=C=C=C=2. The second-order valence-corrected chi connectivity index (χ2v) is 9.15. The van der Waals surface area contributed by atoms with E-state index in [1.165, 1.54) is 24.3 Å². The second kappa shape index (κ2) is 12.5. The Bertz CT molecular complexity index is 2460. The molecule has 0 saturated carbocycles. The van der Waals surface area contributed by atoms with Crippen LogP contribution >= 0.6 is 0 Å². The summed E-state index contributed by atoms with van der Waals surface area (Å²) in [7, 11) is 7.19. The molecule has 3 aromatic rings. The van der Waals surface area contributed by atoms with Crippen LogP contribution in [0.2, 0.25) is 0 Å². The van der Waals surface area contributed by atoms with Gasteiger partial charge in [-0.3, -0.25) is 20.2 Å². The Labute approximate surface area is 239 Å². The highest BCUT2D eigenvalue weighted by Gasteiger charge is 2.15. The van der Waals surface area contributed by atoms with Crippen LogP contribution in [0.25, 0.3) is 34.4 Å². The quantitative estimate of drug-likeness (QED) is 0.214. The normalized spacial score (nSPS) is 10.3. The van der Waals surface area contributed by atoms with Gasteiger partial charge in [-0.15, -0.1) is 0 Å². The van der Waals surface area contributed by atoms with Gasteiger partial charge in [0.25, 0.3) is 11.4 Å². The average molecular weight is 549 g/mol. The standard InChI is InChI=1S/C34H20N4O4/c1-35(2)31-19-17-25-11-6-8-16-30-24-34(38(41)42)33(36(3)4)23-29(30)15-7-5-12-26-18-20-32(37(39)40)22-28(26)14-10-9-13-27(25)21-31/h17-24H,1-4H3. The predicted octanol–water partition coefficient (Wildman–Crippen LogP) is 0.925. The van der Waals surface area contributed by atoms with Crippen molar-refractivity contribution in [1.82, 2.24) is 0 Å². The van der Waals surface area contributed by atoms with E-state index in [4.69, 9.17) is 0 Å². The lowest BCUT2D eigenvalue weighted by atomic mass is 10.2. The summed E-state index contributed by atoms with van der Waals surface area (Å²) >= 11 is 0. The van der Waals surface area contributed by atoms with Gasteiger partial charge >= 0.3 is 0 Å². The van der Waals surface area contributed by atoms with Crippen molar-refractivity contribution in [3.8, 4) is 0 Å². The minimum Gasteiger partial charge on any atom is -0.378 e. The molecule has 8 nitrogen and oxygen atoms in total. The molecule has 0 heterocycles. The van der Waals surface area contributed by atoms with E-state index >= 15 is 0 Å². The Kier molecular flexibility index (Phi) is 8.47. The molecule has 0 unspecified atom stereocenters. The minimum absolute atomic E-state index is 0.123. The number of non-ortho nitro benzene ring substituents is 1. The first kappa shape index (κ1) is 28.4. The Morgan fingerprint density at radius 3 is 1.45 bits per heavy atom. The molecule has 0 aliphatic heterocycles. The van der Waals surface area contributed by atoms with E-state index < -0.39 is 9.85 Å². The molecule has 1 aliphatic carbocycles. The minimum atomic E-state index is -0.510. The van der Waals surface area contributed by atoms with Crippen LogP contribution in [0.5, 0.6) is 0 Å². The van der Waals surface area contributed by atoms with Crippen molar-refractivity contribution in [3.63, 3.8) is 0 Å². The largest absolute Gasteiger partial charge is 0.378 e. The molecule has 0 N–H and O–H groups in total. The first-order chi connectivity index (χ1) is 20.1. The van der Waals surface area contributed by atoms with E-state index in [-0.39, 0.29) is 11.4 Å². The summed E-state index contributed by atoms with van der Waals surface area (Å²) in [6.45, 7) is 0. The zero-order valence-electron chi connectivity index (χ0n) is 23.0. The maximum absolute atomic E-state index is 11.8. The monoisotopic (exact) mass is 548 g/mol. The van der Waals surface area contributed by atoms with Gasteiger partial charge in [0, 0.05) is 83.4 Å². The third-order valence-corrected chi connectivity index (χ3v) is 5.90. The summed E-state index contributed by atoms with van der Waals surface area (Å²) in [5, 5.41) is 25.9. The fourth-order valence-electron chi connectivity index (χ4n) is 3.76. The van der Waals surface area contributed by atoms with E-state index in [1.54, 1.807) is 25.1 Å². The molecule has 8 heteroatoms. The molecule has 0 radical (unpaired) electrons. The van der Waals surface area contributed by atoms with Crippen molar-refractivity contribution >= 4 is 57.1 Å². The molecule has 200 valence electrons. The Balaban J connectivity index is 2.42. The summed E-state index contributed by atoms with van der Waals surface area (Å²) < 4.78 is 0. The van der Waals surface area contributed by atoms with E-state index in [0.717, 1.165) is 5.69 Å². The number of fused-ring (bicyclic) bond motifs is 3. The van der Waals surface area contributed by atoms with Crippen LogP contribution in [0.4, 0.5) is 22.7 Å². The Morgan fingerprint density at radius 2 is 0.976 bits per heavy atom. The summed E-state index contributed by atoms with van der Waals surface area (Å²) in [6.07, 6.45) is 0. The first-order valence-electron chi connectivity index (χ1n) is 12.3. The zero-order chi connectivity index (χ0) is 30.2. The molecule has 4 rings (SSSR count). The van der Waals surface area contributed by atoms with Crippen molar-refractivity contribution in [3.05, 3.63) is 134 Å². The van der Waals surface area contributed by atoms with Crippen molar-refractivity contribution in [2.75, 3.05) is 38.0 Å². The van der Waals surface area contributed by atoms with Crippen LogP contribution in [0.15, 0.2) is 82.9 Å². The number of nitrogens with zero attached hydrogens (tertiary/aromatic N) is 4. The third kappa shape index (κ3) is 6.70. The van der Waals surface area contributed by atoms with Gasteiger partial charge in [0.1, 0.15) is 5.69 Å². The summed E-state index contributed by atoms with van der Waals surface area (Å²) in [5.41, 5.74) is 35.2. The van der Waals surface area contributed by atoms with Gasteiger partial charge in [-0.05, 0) is 64.7 Å². The number of nitro benzene ring substituents is 2. The van der Waals surface area contributed by atoms with Crippen molar-refractivity contribution in [2.45, 2.75) is 0 Å². The molecule has 0 fully saturated rings. The second-order valence-electron chi connectivity index (χ2n) is 9.15.